The van der Waals surface area contributed by atoms with Crippen molar-refractivity contribution in [3.8, 4) is 5.75 Å². The quantitative estimate of drug-likeness (QED) is 0.808. The van der Waals surface area contributed by atoms with Crippen LogP contribution in [0.3, 0.4) is 0 Å². The summed E-state index contributed by atoms with van der Waals surface area (Å²) in [6.07, 6.45) is 1.50. The molecule has 0 fully saturated rings. The Morgan fingerprint density at radius 3 is 2.48 bits per heavy atom. The van der Waals surface area contributed by atoms with Gasteiger partial charge < -0.3 is 4.74 Å². The van der Waals surface area contributed by atoms with Gasteiger partial charge >= 0.3 is 0 Å². The van der Waals surface area contributed by atoms with Gasteiger partial charge in [0, 0.05) is 6.42 Å². The molecular formula is C17H16N2O2. The van der Waals surface area contributed by atoms with Crippen LogP contribution in [0.25, 0.3) is 0 Å². The summed E-state index contributed by atoms with van der Waals surface area (Å²) < 4.78 is 5.16. The Balaban J connectivity index is 1.86. The van der Waals surface area contributed by atoms with Gasteiger partial charge in [0.25, 0.3) is 0 Å². The van der Waals surface area contributed by atoms with E-state index in [-0.39, 0.29) is 6.04 Å². The second-order valence-corrected chi connectivity index (χ2v) is 4.89. The number of hydrazone groups is 1. The summed E-state index contributed by atoms with van der Waals surface area (Å²) in [4.78, 5) is 11.3. The first kappa shape index (κ1) is 13.4. The molecule has 0 N–H and O–H groups in total. The summed E-state index contributed by atoms with van der Waals surface area (Å²) in [6.45, 7) is 0. The zero-order valence-electron chi connectivity index (χ0n) is 11.8. The number of carbonyl (C=O) groups is 1. The van der Waals surface area contributed by atoms with Crippen molar-refractivity contribution in [3.63, 3.8) is 0 Å². The number of amides is 1. The highest BCUT2D eigenvalue weighted by atomic mass is 16.5. The molecule has 0 aromatic heterocycles. The molecule has 1 heterocycles. The molecule has 106 valence electrons. The summed E-state index contributed by atoms with van der Waals surface area (Å²) in [7, 11) is 1.64. The van der Waals surface area contributed by atoms with Crippen LogP contribution in [0, 0.1) is 0 Å². The highest BCUT2D eigenvalue weighted by Crippen LogP contribution is 2.31. The van der Waals surface area contributed by atoms with Crippen LogP contribution in [0.4, 0.5) is 0 Å². The molecule has 1 aliphatic heterocycles. The normalized spacial score (nSPS) is 17.5. The third-order valence-electron chi connectivity index (χ3n) is 3.66. The molecule has 3 rings (SSSR count). The second kappa shape index (κ2) is 5.79. The minimum atomic E-state index is -0.0270. The van der Waals surface area contributed by atoms with E-state index in [4.69, 9.17) is 4.74 Å². The van der Waals surface area contributed by atoms with Crippen molar-refractivity contribution in [2.45, 2.75) is 12.5 Å². The largest absolute Gasteiger partial charge is 0.497 e. The molecule has 1 unspecified atom stereocenters. The fraction of sp³-hybridized carbons (Fsp3) is 0.176. The maximum atomic E-state index is 11.3. The molecule has 0 saturated carbocycles. The van der Waals surface area contributed by atoms with Crippen molar-refractivity contribution in [1.82, 2.24) is 5.01 Å². The Morgan fingerprint density at radius 2 is 1.86 bits per heavy atom. The van der Waals surface area contributed by atoms with Crippen molar-refractivity contribution >= 4 is 12.1 Å². The fourth-order valence-corrected chi connectivity index (χ4v) is 2.53. The molecule has 0 bridgehead atoms. The Morgan fingerprint density at radius 1 is 1.14 bits per heavy atom. The summed E-state index contributed by atoms with van der Waals surface area (Å²) in [5, 5.41) is 5.93. The molecule has 0 aliphatic carbocycles. The smallest absolute Gasteiger partial charge is 0.230 e. The third kappa shape index (κ3) is 2.65. The van der Waals surface area contributed by atoms with Gasteiger partial charge in [-0.3, -0.25) is 4.79 Å². The lowest BCUT2D eigenvalue weighted by Crippen LogP contribution is -2.17. The molecule has 2 aromatic carbocycles. The lowest BCUT2D eigenvalue weighted by atomic mass is 9.99. The SMILES string of the molecule is COc1ccc(C2=NN(C=O)C(c3ccccc3)C2)cc1. The standard InChI is InChI=1S/C17H16N2O2/c1-21-15-9-7-13(8-10-15)16-11-17(19(12-20)18-16)14-5-3-2-4-6-14/h2-10,12,17H,11H2,1H3. The van der Waals surface area contributed by atoms with Gasteiger partial charge in [-0.25, -0.2) is 5.01 Å². The molecular weight excluding hydrogens is 264 g/mol. The van der Waals surface area contributed by atoms with Crippen LogP contribution in [0.2, 0.25) is 0 Å². The van der Waals surface area contributed by atoms with E-state index in [9.17, 15) is 4.79 Å². The maximum Gasteiger partial charge on any atom is 0.230 e. The van der Waals surface area contributed by atoms with Crippen LogP contribution in [0.1, 0.15) is 23.6 Å². The molecule has 1 aliphatic rings. The van der Waals surface area contributed by atoms with Gasteiger partial charge in [-0.2, -0.15) is 5.10 Å². The maximum absolute atomic E-state index is 11.3. The second-order valence-electron chi connectivity index (χ2n) is 4.89. The van der Waals surface area contributed by atoms with Crippen LogP contribution in [-0.4, -0.2) is 24.2 Å². The number of hydrogen-bond donors (Lipinski definition) is 0. The summed E-state index contributed by atoms with van der Waals surface area (Å²) >= 11 is 0. The first-order valence-corrected chi connectivity index (χ1v) is 6.82. The van der Waals surface area contributed by atoms with Crippen LogP contribution in [0.15, 0.2) is 59.7 Å². The lowest BCUT2D eigenvalue weighted by Gasteiger charge is -2.16. The van der Waals surface area contributed by atoms with Gasteiger partial charge in [-0.05, 0) is 35.4 Å². The molecule has 0 spiro atoms. The predicted octanol–water partition coefficient (Wildman–Crippen LogP) is 3.00. The van der Waals surface area contributed by atoms with Gasteiger partial charge in [0.05, 0.1) is 18.9 Å². The van der Waals surface area contributed by atoms with Gasteiger partial charge in [-0.1, -0.05) is 30.3 Å². The first-order chi connectivity index (χ1) is 10.3. The van der Waals surface area contributed by atoms with Gasteiger partial charge in [-0.15, -0.1) is 0 Å². The number of rotatable bonds is 4. The monoisotopic (exact) mass is 280 g/mol. The van der Waals surface area contributed by atoms with E-state index in [2.05, 4.69) is 5.10 Å². The minimum Gasteiger partial charge on any atom is -0.497 e. The zero-order chi connectivity index (χ0) is 14.7. The van der Waals surface area contributed by atoms with Gasteiger partial charge in [0.15, 0.2) is 0 Å². The number of ether oxygens (including phenoxy) is 1. The van der Waals surface area contributed by atoms with E-state index in [1.54, 1.807) is 7.11 Å². The van der Waals surface area contributed by atoms with E-state index >= 15 is 0 Å². The van der Waals surface area contributed by atoms with E-state index < -0.39 is 0 Å². The molecule has 1 amide bonds. The Kier molecular flexibility index (Phi) is 3.69. The minimum absolute atomic E-state index is 0.0270. The lowest BCUT2D eigenvalue weighted by molar-refractivity contribution is -0.119. The number of nitrogens with zero attached hydrogens (tertiary/aromatic N) is 2. The molecule has 2 aromatic rings. The van der Waals surface area contributed by atoms with Crippen LogP contribution < -0.4 is 4.74 Å². The number of carbonyl (C=O) groups excluding carboxylic acids is 1. The molecule has 0 saturated heterocycles. The molecule has 4 nitrogen and oxygen atoms in total. The average Bonchev–Trinajstić information content (AvgIpc) is 3.00. The highest BCUT2D eigenvalue weighted by Gasteiger charge is 2.28. The highest BCUT2D eigenvalue weighted by molar-refractivity contribution is 6.02. The molecule has 4 heteroatoms. The van der Waals surface area contributed by atoms with Crippen LogP contribution in [0.5, 0.6) is 5.75 Å². The molecule has 21 heavy (non-hydrogen) atoms. The molecule has 1 atom stereocenters. The predicted molar refractivity (Wildman–Crippen MR) is 81.2 cm³/mol. The molecule has 0 radical (unpaired) electrons. The average molecular weight is 280 g/mol. The Hall–Kier alpha value is -2.62. The van der Waals surface area contributed by atoms with E-state index in [0.717, 1.165) is 35.4 Å². The fourth-order valence-electron chi connectivity index (χ4n) is 2.53. The van der Waals surface area contributed by atoms with E-state index in [0.29, 0.717) is 0 Å². The zero-order valence-corrected chi connectivity index (χ0v) is 11.8. The van der Waals surface area contributed by atoms with E-state index in [1.165, 1.54) is 5.01 Å². The van der Waals surface area contributed by atoms with Crippen molar-refractivity contribution in [2.75, 3.05) is 7.11 Å². The summed E-state index contributed by atoms with van der Waals surface area (Å²) in [6, 6.07) is 17.7. The van der Waals surface area contributed by atoms with Crippen molar-refractivity contribution in [3.05, 3.63) is 65.7 Å². The van der Waals surface area contributed by atoms with Gasteiger partial charge in [0.1, 0.15) is 5.75 Å². The van der Waals surface area contributed by atoms with Crippen molar-refractivity contribution in [1.29, 1.82) is 0 Å². The summed E-state index contributed by atoms with van der Waals surface area (Å²) in [5.41, 5.74) is 3.02. The first-order valence-electron chi connectivity index (χ1n) is 6.82. The van der Waals surface area contributed by atoms with Crippen LogP contribution in [-0.2, 0) is 4.79 Å². The third-order valence-corrected chi connectivity index (χ3v) is 3.66. The topological polar surface area (TPSA) is 41.9 Å². The van der Waals surface area contributed by atoms with Crippen molar-refractivity contribution < 1.29 is 9.53 Å². The van der Waals surface area contributed by atoms with Crippen molar-refractivity contribution in [2.24, 2.45) is 5.10 Å². The number of hydrogen-bond acceptors (Lipinski definition) is 3. The van der Waals surface area contributed by atoms with E-state index in [1.807, 2.05) is 54.6 Å². The number of benzene rings is 2. The Bertz CT molecular complexity index is 650. The Labute approximate surface area is 123 Å². The van der Waals surface area contributed by atoms with Gasteiger partial charge in [0.2, 0.25) is 6.41 Å². The van der Waals surface area contributed by atoms with Crippen LogP contribution >= 0.6 is 0 Å². The number of methoxy groups -OCH3 is 1. The summed E-state index contributed by atoms with van der Waals surface area (Å²) in [5.74, 6) is 0.809.